The van der Waals surface area contributed by atoms with Crippen molar-refractivity contribution in [2.75, 3.05) is 6.54 Å². The number of carbonyl (C=O) groups is 1. The lowest BCUT2D eigenvalue weighted by molar-refractivity contribution is 0.0563. The first-order chi connectivity index (χ1) is 13.6. The van der Waals surface area contributed by atoms with Crippen molar-refractivity contribution in [3.05, 3.63) is 82.3 Å². The molecule has 0 saturated carbocycles. The Morgan fingerprint density at radius 2 is 2.07 bits per heavy atom. The summed E-state index contributed by atoms with van der Waals surface area (Å²) in [4.78, 5) is 23.8. The zero-order valence-corrected chi connectivity index (χ0v) is 16.5. The van der Waals surface area contributed by atoms with Crippen LogP contribution in [0.15, 0.2) is 53.1 Å². The summed E-state index contributed by atoms with van der Waals surface area (Å²) in [5.74, 6) is 1.26. The molecule has 1 fully saturated rings. The second-order valence-electron chi connectivity index (χ2n) is 7.11. The quantitative estimate of drug-likeness (QED) is 0.624. The lowest BCUT2D eigenvalue weighted by atomic mass is 10.0. The monoisotopic (exact) mass is 395 g/mol. The first-order valence-electron chi connectivity index (χ1n) is 9.54. The van der Waals surface area contributed by atoms with Crippen LogP contribution in [0.4, 0.5) is 0 Å². The van der Waals surface area contributed by atoms with Crippen molar-refractivity contribution in [1.82, 2.24) is 14.9 Å². The molecule has 1 atom stereocenters. The summed E-state index contributed by atoms with van der Waals surface area (Å²) >= 11 is 6.25. The van der Waals surface area contributed by atoms with Gasteiger partial charge in [-0.05, 0) is 49.9 Å². The standard InChI is InChI=1S/C22H22ClN3O2/c1-15-7-6-10-19(25-15)22(27)26-12-5-4-11-20(26)21-24-14-17(28-21)13-16-8-2-3-9-18(16)23/h2-3,6-10,14,20H,4-5,11-13H2,1H3/t20-/m1/s1. The van der Waals surface area contributed by atoms with Gasteiger partial charge in [0.25, 0.3) is 5.91 Å². The van der Waals surface area contributed by atoms with Crippen molar-refractivity contribution < 1.29 is 9.21 Å². The van der Waals surface area contributed by atoms with Crippen LogP contribution in [0.3, 0.4) is 0 Å². The molecule has 0 aliphatic carbocycles. The summed E-state index contributed by atoms with van der Waals surface area (Å²) < 4.78 is 6.04. The molecule has 0 N–H and O–H groups in total. The zero-order chi connectivity index (χ0) is 19.5. The average Bonchev–Trinajstić information content (AvgIpc) is 3.18. The molecule has 28 heavy (non-hydrogen) atoms. The molecule has 1 amide bonds. The highest BCUT2D eigenvalue weighted by Crippen LogP contribution is 2.32. The van der Waals surface area contributed by atoms with Gasteiger partial charge in [-0.15, -0.1) is 0 Å². The number of aryl methyl sites for hydroxylation is 1. The SMILES string of the molecule is Cc1cccc(C(=O)N2CCCC[C@@H]2c2ncc(Cc3ccccc3Cl)o2)n1. The number of likely N-dealkylation sites (tertiary alicyclic amines) is 1. The second-order valence-corrected chi connectivity index (χ2v) is 7.51. The van der Waals surface area contributed by atoms with Gasteiger partial charge in [-0.3, -0.25) is 4.79 Å². The molecule has 0 bridgehead atoms. The van der Waals surface area contributed by atoms with Gasteiger partial charge in [0, 0.05) is 23.7 Å². The average molecular weight is 396 g/mol. The lowest BCUT2D eigenvalue weighted by Crippen LogP contribution is -2.39. The molecule has 1 aliphatic rings. The molecule has 144 valence electrons. The topological polar surface area (TPSA) is 59.2 Å². The lowest BCUT2D eigenvalue weighted by Gasteiger charge is -2.33. The number of amides is 1. The predicted octanol–water partition coefficient (Wildman–Crippen LogP) is 4.99. The van der Waals surface area contributed by atoms with Gasteiger partial charge in [0.15, 0.2) is 0 Å². The highest BCUT2D eigenvalue weighted by Gasteiger charge is 2.32. The van der Waals surface area contributed by atoms with E-state index in [1.54, 1.807) is 12.3 Å². The Balaban J connectivity index is 1.56. The summed E-state index contributed by atoms with van der Waals surface area (Å²) in [5, 5.41) is 0.709. The molecule has 3 heterocycles. The predicted molar refractivity (Wildman–Crippen MR) is 107 cm³/mol. The number of pyridine rings is 1. The van der Waals surface area contributed by atoms with E-state index in [-0.39, 0.29) is 11.9 Å². The smallest absolute Gasteiger partial charge is 0.273 e. The molecule has 1 aliphatic heterocycles. The van der Waals surface area contributed by atoms with Crippen LogP contribution in [0.1, 0.15) is 58.7 Å². The van der Waals surface area contributed by atoms with Gasteiger partial charge in [-0.2, -0.15) is 0 Å². The minimum Gasteiger partial charge on any atom is -0.443 e. The van der Waals surface area contributed by atoms with E-state index in [1.807, 2.05) is 48.2 Å². The normalized spacial score (nSPS) is 16.9. The Kier molecular flexibility index (Phi) is 5.44. The van der Waals surface area contributed by atoms with E-state index < -0.39 is 0 Å². The second kappa shape index (κ2) is 8.15. The van der Waals surface area contributed by atoms with Gasteiger partial charge in [-0.1, -0.05) is 35.9 Å². The third-order valence-corrected chi connectivity index (χ3v) is 5.42. The number of benzene rings is 1. The van der Waals surface area contributed by atoms with Crippen LogP contribution >= 0.6 is 11.6 Å². The first-order valence-corrected chi connectivity index (χ1v) is 9.92. The Labute approximate surface area is 169 Å². The number of carbonyl (C=O) groups excluding carboxylic acids is 1. The molecule has 5 nitrogen and oxygen atoms in total. The summed E-state index contributed by atoms with van der Waals surface area (Å²) in [6.45, 7) is 2.57. The Morgan fingerprint density at radius 1 is 1.21 bits per heavy atom. The van der Waals surface area contributed by atoms with Gasteiger partial charge in [0.05, 0.1) is 6.20 Å². The zero-order valence-electron chi connectivity index (χ0n) is 15.8. The number of halogens is 1. The van der Waals surface area contributed by atoms with Crippen molar-refractivity contribution in [3.63, 3.8) is 0 Å². The summed E-state index contributed by atoms with van der Waals surface area (Å²) in [5.41, 5.74) is 2.29. The van der Waals surface area contributed by atoms with E-state index in [1.165, 1.54) is 0 Å². The van der Waals surface area contributed by atoms with Crippen LogP contribution in [0, 0.1) is 6.92 Å². The van der Waals surface area contributed by atoms with Gasteiger partial charge in [-0.25, -0.2) is 9.97 Å². The van der Waals surface area contributed by atoms with Crippen molar-refractivity contribution in [2.24, 2.45) is 0 Å². The molecule has 0 spiro atoms. The van der Waals surface area contributed by atoms with Crippen LogP contribution in [0.2, 0.25) is 5.02 Å². The molecule has 4 rings (SSSR count). The van der Waals surface area contributed by atoms with Gasteiger partial charge < -0.3 is 9.32 Å². The summed E-state index contributed by atoms with van der Waals surface area (Å²) in [6, 6.07) is 13.1. The minimum atomic E-state index is -0.163. The largest absolute Gasteiger partial charge is 0.443 e. The number of piperidine rings is 1. The number of hydrogen-bond donors (Lipinski definition) is 0. The van der Waals surface area contributed by atoms with E-state index in [0.717, 1.165) is 36.3 Å². The maximum absolute atomic E-state index is 13.1. The van der Waals surface area contributed by atoms with Crippen molar-refractivity contribution in [3.8, 4) is 0 Å². The fraction of sp³-hybridized carbons (Fsp3) is 0.318. The van der Waals surface area contributed by atoms with Crippen LogP contribution < -0.4 is 0 Å². The molecule has 0 radical (unpaired) electrons. The van der Waals surface area contributed by atoms with E-state index >= 15 is 0 Å². The maximum Gasteiger partial charge on any atom is 0.273 e. The first kappa shape index (κ1) is 18.7. The van der Waals surface area contributed by atoms with E-state index in [0.29, 0.717) is 29.6 Å². The van der Waals surface area contributed by atoms with E-state index in [9.17, 15) is 4.79 Å². The summed E-state index contributed by atoms with van der Waals surface area (Å²) in [7, 11) is 0. The maximum atomic E-state index is 13.1. The number of rotatable bonds is 4. The molecule has 2 aromatic heterocycles. The Morgan fingerprint density at radius 3 is 2.89 bits per heavy atom. The number of hydrogen-bond acceptors (Lipinski definition) is 4. The van der Waals surface area contributed by atoms with Crippen LogP contribution in [0.25, 0.3) is 0 Å². The Bertz CT molecular complexity index is 985. The van der Waals surface area contributed by atoms with Gasteiger partial charge in [0.1, 0.15) is 17.5 Å². The van der Waals surface area contributed by atoms with Crippen molar-refractivity contribution >= 4 is 17.5 Å². The highest BCUT2D eigenvalue weighted by atomic mass is 35.5. The number of oxazole rings is 1. The third-order valence-electron chi connectivity index (χ3n) is 5.05. The van der Waals surface area contributed by atoms with Crippen molar-refractivity contribution in [2.45, 2.75) is 38.6 Å². The number of nitrogens with zero attached hydrogens (tertiary/aromatic N) is 3. The molecule has 1 aromatic carbocycles. The molecule has 3 aromatic rings. The fourth-order valence-electron chi connectivity index (χ4n) is 3.63. The van der Waals surface area contributed by atoms with E-state index in [4.69, 9.17) is 16.0 Å². The van der Waals surface area contributed by atoms with Crippen LogP contribution in [0.5, 0.6) is 0 Å². The summed E-state index contributed by atoms with van der Waals surface area (Å²) in [6.07, 6.45) is 5.16. The van der Waals surface area contributed by atoms with E-state index in [2.05, 4.69) is 9.97 Å². The molecule has 0 unspecified atom stereocenters. The number of aromatic nitrogens is 2. The van der Waals surface area contributed by atoms with Gasteiger partial charge >= 0.3 is 0 Å². The molecular weight excluding hydrogens is 374 g/mol. The minimum absolute atomic E-state index is 0.0701. The molecule has 6 heteroatoms. The van der Waals surface area contributed by atoms with Crippen LogP contribution in [-0.4, -0.2) is 27.3 Å². The Hall–Kier alpha value is -2.66. The molecule has 1 saturated heterocycles. The van der Waals surface area contributed by atoms with Gasteiger partial charge in [0.2, 0.25) is 5.89 Å². The third kappa shape index (κ3) is 3.94. The molecular formula is C22H22ClN3O2. The van der Waals surface area contributed by atoms with Crippen molar-refractivity contribution in [1.29, 1.82) is 0 Å². The highest BCUT2D eigenvalue weighted by molar-refractivity contribution is 6.31. The fourth-order valence-corrected chi connectivity index (χ4v) is 3.83. The van der Waals surface area contributed by atoms with Crippen LogP contribution in [-0.2, 0) is 6.42 Å².